The van der Waals surface area contributed by atoms with Crippen molar-refractivity contribution >= 4 is 17.5 Å². The first-order chi connectivity index (χ1) is 11.8. The number of Topliss-reactive ketones (excluding diaryl/α,β-unsaturated/α-hetero) is 1. The monoisotopic (exact) mass is 342 g/mol. The highest BCUT2D eigenvalue weighted by molar-refractivity contribution is 7.99. The highest BCUT2D eigenvalue weighted by Gasteiger charge is 2.22. The first-order valence-electron chi connectivity index (χ1n) is 8.87. The number of tetrazole rings is 1. The second-order valence-electron chi connectivity index (χ2n) is 6.75. The maximum atomic E-state index is 12.6. The van der Waals surface area contributed by atoms with Gasteiger partial charge in [0.1, 0.15) is 0 Å². The highest BCUT2D eigenvalue weighted by Crippen LogP contribution is 2.31. The van der Waals surface area contributed by atoms with Gasteiger partial charge in [-0.3, -0.25) is 4.79 Å². The summed E-state index contributed by atoms with van der Waals surface area (Å²) in [5.74, 6) is 0.556. The van der Waals surface area contributed by atoms with E-state index in [2.05, 4.69) is 27.7 Å². The minimum absolute atomic E-state index is 0.161. The summed E-state index contributed by atoms with van der Waals surface area (Å²) in [7, 11) is 0. The molecule has 0 saturated heterocycles. The standard InChI is InChI=1S/C18H22N4OS/c23-17(15-10-9-13-5-1-2-6-14(13)11-15)12-24-18-19-20-21-22(18)16-7-3-4-8-16/h9-11,16H,1-8,12H2. The molecule has 24 heavy (non-hydrogen) atoms. The molecule has 5 nitrogen and oxygen atoms in total. The summed E-state index contributed by atoms with van der Waals surface area (Å²) in [6, 6.07) is 6.61. The summed E-state index contributed by atoms with van der Waals surface area (Å²) in [6.07, 6.45) is 9.49. The van der Waals surface area contributed by atoms with Crippen LogP contribution in [0.4, 0.5) is 0 Å². The maximum Gasteiger partial charge on any atom is 0.210 e. The average Bonchev–Trinajstić information content (AvgIpc) is 3.30. The minimum atomic E-state index is 0.161. The number of carbonyl (C=O) groups is 1. The van der Waals surface area contributed by atoms with Crippen LogP contribution in [0.3, 0.4) is 0 Å². The van der Waals surface area contributed by atoms with Crippen molar-refractivity contribution in [2.75, 3.05) is 5.75 Å². The molecular formula is C18H22N4OS. The van der Waals surface area contributed by atoms with E-state index in [4.69, 9.17) is 0 Å². The van der Waals surface area contributed by atoms with Crippen LogP contribution in [-0.2, 0) is 12.8 Å². The van der Waals surface area contributed by atoms with E-state index >= 15 is 0 Å². The molecule has 1 heterocycles. The number of fused-ring (bicyclic) bond motifs is 1. The molecular weight excluding hydrogens is 320 g/mol. The summed E-state index contributed by atoms with van der Waals surface area (Å²) >= 11 is 1.46. The van der Waals surface area contributed by atoms with Gasteiger partial charge in [-0.05, 0) is 66.1 Å². The summed E-state index contributed by atoms with van der Waals surface area (Å²) in [5.41, 5.74) is 3.59. The van der Waals surface area contributed by atoms with Gasteiger partial charge in [0, 0.05) is 5.56 Å². The number of nitrogens with zero attached hydrogens (tertiary/aromatic N) is 4. The number of aryl methyl sites for hydroxylation is 2. The van der Waals surface area contributed by atoms with Crippen LogP contribution in [0, 0.1) is 0 Å². The second kappa shape index (κ2) is 7.05. The maximum absolute atomic E-state index is 12.6. The topological polar surface area (TPSA) is 60.7 Å². The van der Waals surface area contributed by atoms with Gasteiger partial charge in [-0.25, -0.2) is 4.68 Å². The quantitative estimate of drug-likeness (QED) is 0.613. The van der Waals surface area contributed by atoms with Crippen LogP contribution in [0.2, 0.25) is 0 Å². The van der Waals surface area contributed by atoms with E-state index in [0.29, 0.717) is 11.8 Å². The van der Waals surface area contributed by atoms with Crippen molar-refractivity contribution in [3.8, 4) is 0 Å². The van der Waals surface area contributed by atoms with Crippen molar-refractivity contribution in [2.24, 2.45) is 0 Å². The van der Waals surface area contributed by atoms with Crippen molar-refractivity contribution in [3.05, 3.63) is 34.9 Å². The summed E-state index contributed by atoms with van der Waals surface area (Å²) in [6.45, 7) is 0. The smallest absolute Gasteiger partial charge is 0.210 e. The van der Waals surface area contributed by atoms with Crippen LogP contribution in [0.1, 0.15) is 66.1 Å². The van der Waals surface area contributed by atoms with Crippen LogP contribution >= 0.6 is 11.8 Å². The van der Waals surface area contributed by atoms with Crippen LogP contribution in [0.15, 0.2) is 23.4 Å². The Bertz CT molecular complexity index is 736. The zero-order valence-corrected chi connectivity index (χ0v) is 14.6. The van der Waals surface area contributed by atoms with E-state index in [1.165, 1.54) is 48.6 Å². The SMILES string of the molecule is O=C(CSc1nnnn1C1CCCC1)c1ccc2c(c1)CCCC2. The molecule has 1 saturated carbocycles. The molecule has 0 N–H and O–H groups in total. The molecule has 0 spiro atoms. The zero-order chi connectivity index (χ0) is 16.4. The van der Waals surface area contributed by atoms with Gasteiger partial charge in [-0.15, -0.1) is 5.10 Å². The number of thioether (sulfide) groups is 1. The molecule has 0 amide bonds. The fourth-order valence-corrected chi connectivity index (χ4v) is 4.62. The number of hydrogen-bond donors (Lipinski definition) is 0. The van der Waals surface area contributed by atoms with E-state index in [0.717, 1.165) is 36.4 Å². The molecule has 6 heteroatoms. The Labute approximate surface area is 146 Å². The number of hydrogen-bond acceptors (Lipinski definition) is 5. The fraction of sp³-hybridized carbons (Fsp3) is 0.556. The van der Waals surface area contributed by atoms with Crippen LogP contribution in [0.5, 0.6) is 0 Å². The largest absolute Gasteiger partial charge is 0.293 e. The molecule has 2 aliphatic rings. The van der Waals surface area contributed by atoms with Gasteiger partial charge < -0.3 is 0 Å². The zero-order valence-electron chi connectivity index (χ0n) is 13.8. The number of rotatable bonds is 5. The lowest BCUT2D eigenvalue weighted by atomic mass is 9.90. The molecule has 1 fully saturated rings. The predicted octanol–water partition coefficient (Wildman–Crippen LogP) is 3.64. The molecule has 2 aliphatic carbocycles. The van der Waals surface area contributed by atoms with E-state index < -0.39 is 0 Å². The molecule has 0 aliphatic heterocycles. The summed E-state index contributed by atoms with van der Waals surface area (Å²) < 4.78 is 1.91. The molecule has 0 radical (unpaired) electrons. The Kier molecular flexibility index (Phi) is 4.65. The van der Waals surface area contributed by atoms with E-state index in [1.54, 1.807) is 0 Å². The number of benzene rings is 1. The molecule has 1 aromatic carbocycles. The van der Waals surface area contributed by atoms with Crippen LogP contribution < -0.4 is 0 Å². The van der Waals surface area contributed by atoms with E-state index in [9.17, 15) is 4.79 Å². The number of carbonyl (C=O) groups excluding carboxylic acids is 1. The normalized spacial score (nSPS) is 17.8. The van der Waals surface area contributed by atoms with Gasteiger partial charge in [0.25, 0.3) is 0 Å². The van der Waals surface area contributed by atoms with Gasteiger partial charge in [0.05, 0.1) is 11.8 Å². The molecule has 0 atom stereocenters. The fourth-order valence-electron chi connectivity index (χ4n) is 3.78. The van der Waals surface area contributed by atoms with E-state index in [-0.39, 0.29) is 5.78 Å². The summed E-state index contributed by atoms with van der Waals surface area (Å²) in [5, 5.41) is 12.8. The Morgan fingerprint density at radius 1 is 1.12 bits per heavy atom. The lowest BCUT2D eigenvalue weighted by Gasteiger charge is -2.16. The van der Waals surface area contributed by atoms with E-state index in [1.807, 2.05) is 10.7 Å². The van der Waals surface area contributed by atoms with Crippen molar-refractivity contribution in [1.29, 1.82) is 0 Å². The van der Waals surface area contributed by atoms with Gasteiger partial charge in [-0.2, -0.15) is 0 Å². The number of aromatic nitrogens is 4. The third kappa shape index (κ3) is 3.24. The molecule has 4 rings (SSSR count). The molecule has 0 bridgehead atoms. The average molecular weight is 342 g/mol. The number of ketones is 1. The molecule has 126 valence electrons. The molecule has 2 aromatic rings. The van der Waals surface area contributed by atoms with Crippen molar-refractivity contribution in [3.63, 3.8) is 0 Å². The van der Waals surface area contributed by atoms with Gasteiger partial charge in [0.15, 0.2) is 5.78 Å². The van der Waals surface area contributed by atoms with Crippen molar-refractivity contribution in [1.82, 2.24) is 20.2 Å². The Balaban J connectivity index is 1.43. The van der Waals surface area contributed by atoms with Crippen LogP contribution in [-0.4, -0.2) is 31.7 Å². The molecule has 0 unspecified atom stereocenters. The van der Waals surface area contributed by atoms with Gasteiger partial charge in [0.2, 0.25) is 5.16 Å². The third-order valence-corrected chi connectivity index (χ3v) is 6.07. The second-order valence-corrected chi connectivity index (χ2v) is 7.69. The molecule has 1 aromatic heterocycles. The van der Waals surface area contributed by atoms with Crippen molar-refractivity contribution < 1.29 is 4.79 Å². The minimum Gasteiger partial charge on any atom is -0.293 e. The van der Waals surface area contributed by atoms with Gasteiger partial charge in [-0.1, -0.05) is 36.7 Å². The lowest BCUT2D eigenvalue weighted by molar-refractivity contribution is 0.102. The predicted molar refractivity (Wildman–Crippen MR) is 93.5 cm³/mol. The Morgan fingerprint density at radius 3 is 2.75 bits per heavy atom. The highest BCUT2D eigenvalue weighted by atomic mass is 32.2. The van der Waals surface area contributed by atoms with Crippen molar-refractivity contribution in [2.45, 2.75) is 62.6 Å². The Morgan fingerprint density at radius 2 is 1.92 bits per heavy atom. The van der Waals surface area contributed by atoms with Gasteiger partial charge >= 0.3 is 0 Å². The Hall–Kier alpha value is -1.69. The lowest BCUT2D eigenvalue weighted by Crippen LogP contribution is -2.11. The first kappa shape index (κ1) is 15.8. The third-order valence-electron chi connectivity index (χ3n) is 5.14. The van der Waals surface area contributed by atoms with Crippen LogP contribution in [0.25, 0.3) is 0 Å². The first-order valence-corrected chi connectivity index (χ1v) is 9.85. The summed E-state index contributed by atoms with van der Waals surface area (Å²) in [4.78, 5) is 12.6.